The van der Waals surface area contributed by atoms with E-state index in [1.165, 1.54) is 24.3 Å². The van der Waals surface area contributed by atoms with Crippen molar-refractivity contribution in [2.75, 3.05) is 0 Å². The average Bonchev–Trinajstić information content (AvgIpc) is 2.31. The first kappa shape index (κ1) is 12.4. The highest BCUT2D eigenvalue weighted by molar-refractivity contribution is 6.36. The van der Waals surface area contributed by atoms with Gasteiger partial charge < -0.3 is 5.11 Å². The minimum Gasteiger partial charge on any atom is -0.476 e. The molecule has 1 heterocycles. The SMILES string of the molecule is Cc1nnc(C(=O)O)c(Cl)c1-c1ccc(F)cc1. The first-order valence-corrected chi connectivity index (χ1v) is 5.40. The van der Waals surface area contributed by atoms with Crippen LogP contribution in [0.1, 0.15) is 16.2 Å². The van der Waals surface area contributed by atoms with Gasteiger partial charge in [0, 0.05) is 5.56 Å². The molecule has 0 radical (unpaired) electrons. The molecule has 2 aromatic rings. The van der Waals surface area contributed by atoms with Gasteiger partial charge in [-0.1, -0.05) is 23.7 Å². The molecule has 0 aliphatic heterocycles. The zero-order valence-corrected chi connectivity index (χ0v) is 10.1. The molecule has 1 N–H and O–H groups in total. The summed E-state index contributed by atoms with van der Waals surface area (Å²) in [6.45, 7) is 1.66. The number of rotatable bonds is 2. The maximum Gasteiger partial charge on any atom is 0.358 e. The number of aromatic carboxylic acids is 1. The van der Waals surface area contributed by atoms with E-state index in [9.17, 15) is 9.18 Å². The van der Waals surface area contributed by atoms with E-state index in [0.717, 1.165) is 0 Å². The van der Waals surface area contributed by atoms with Crippen LogP contribution in [0.25, 0.3) is 11.1 Å². The van der Waals surface area contributed by atoms with Crippen molar-refractivity contribution in [2.24, 2.45) is 0 Å². The fourth-order valence-corrected chi connectivity index (χ4v) is 1.95. The second-order valence-corrected chi connectivity index (χ2v) is 4.01. The van der Waals surface area contributed by atoms with Crippen LogP contribution in [0.4, 0.5) is 4.39 Å². The van der Waals surface area contributed by atoms with Gasteiger partial charge >= 0.3 is 5.97 Å². The topological polar surface area (TPSA) is 63.1 Å². The zero-order chi connectivity index (χ0) is 13.3. The number of hydrogen-bond acceptors (Lipinski definition) is 3. The molecule has 0 bridgehead atoms. The lowest BCUT2D eigenvalue weighted by Gasteiger charge is -2.08. The van der Waals surface area contributed by atoms with E-state index >= 15 is 0 Å². The van der Waals surface area contributed by atoms with Crippen molar-refractivity contribution >= 4 is 17.6 Å². The fourth-order valence-electron chi connectivity index (χ4n) is 1.58. The summed E-state index contributed by atoms with van der Waals surface area (Å²) in [5.74, 6) is -1.64. The molecule has 18 heavy (non-hydrogen) atoms. The van der Waals surface area contributed by atoms with E-state index < -0.39 is 5.97 Å². The second-order valence-electron chi connectivity index (χ2n) is 3.64. The summed E-state index contributed by atoms with van der Waals surface area (Å²) in [6.07, 6.45) is 0. The quantitative estimate of drug-likeness (QED) is 0.908. The van der Waals surface area contributed by atoms with Crippen molar-refractivity contribution in [3.63, 3.8) is 0 Å². The number of carboxylic acid groups (broad SMARTS) is 1. The van der Waals surface area contributed by atoms with E-state index in [0.29, 0.717) is 16.8 Å². The normalized spacial score (nSPS) is 10.4. The molecule has 0 spiro atoms. The van der Waals surface area contributed by atoms with Crippen molar-refractivity contribution in [1.29, 1.82) is 0 Å². The molecule has 2 rings (SSSR count). The molecule has 0 atom stereocenters. The van der Waals surface area contributed by atoms with Gasteiger partial charge in [-0.05, 0) is 24.6 Å². The van der Waals surface area contributed by atoms with Gasteiger partial charge in [-0.2, -0.15) is 5.10 Å². The maximum atomic E-state index is 12.9. The lowest BCUT2D eigenvalue weighted by Crippen LogP contribution is -2.06. The summed E-state index contributed by atoms with van der Waals surface area (Å²) in [6, 6.07) is 5.56. The summed E-state index contributed by atoms with van der Waals surface area (Å²) >= 11 is 6.01. The van der Waals surface area contributed by atoms with Crippen LogP contribution in [0.3, 0.4) is 0 Å². The van der Waals surface area contributed by atoms with Crippen LogP contribution in [-0.4, -0.2) is 21.3 Å². The van der Waals surface area contributed by atoms with Crippen LogP contribution in [0, 0.1) is 12.7 Å². The van der Waals surface area contributed by atoms with Gasteiger partial charge in [0.25, 0.3) is 0 Å². The Bertz CT molecular complexity index is 614. The van der Waals surface area contributed by atoms with Crippen LogP contribution < -0.4 is 0 Å². The number of aryl methyl sites for hydroxylation is 1. The molecule has 0 aliphatic rings. The predicted octanol–water partition coefficient (Wildman–Crippen LogP) is 2.94. The summed E-state index contributed by atoms with van der Waals surface area (Å²) in [5.41, 5.74) is 1.21. The lowest BCUT2D eigenvalue weighted by molar-refractivity contribution is 0.0689. The highest BCUT2D eigenvalue weighted by atomic mass is 35.5. The van der Waals surface area contributed by atoms with Crippen molar-refractivity contribution in [2.45, 2.75) is 6.92 Å². The molecule has 0 saturated carbocycles. The van der Waals surface area contributed by atoms with Gasteiger partial charge in [0.1, 0.15) is 5.82 Å². The Labute approximate surface area is 107 Å². The number of halogens is 2. The Kier molecular flexibility index (Phi) is 3.25. The molecule has 4 nitrogen and oxygen atoms in total. The fraction of sp³-hybridized carbons (Fsp3) is 0.0833. The largest absolute Gasteiger partial charge is 0.476 e. The third-order valence-electron chi connectivity index (χ3n) is 2.42. The highest BCUT2D eigenvalue weighted by Gasteiger charge is 2.18. The maximum absolute atomic E-state index is 12.9. The molecule has 0 amide bonds. The molecule has 0 aliphatic carbocycles. The zero-order valence-electron chi connectivity index (χ0n) is 9.32. The van der Waals surface area contributed by atoms with E-state index in [4.69, 9.17) is 16.7 Å². The Morgan fingerprint density at radius 2 is 1.89 bits per heavy atom. The van der Waals surface area contributed by atoms with Gasteiger partial charge in [0.05, 0.1) is 10.7 Å². The second kappa shape index (κ2) is 4.70. The van der Waals surface area contributed by atoms with E-state index in [-0.39, 0.29) is 16.5 Å². The smallest absolute Gasteiger partial charge is 0.358 e. The Morgan fingerprint density at radius 1 is 1.28 bits per heavy atom. The first-order chi connectivity index (χ1) is 8.50. The standard InChI is InChI=1S/C12H8ClFN2O2/c1-6-9(7-2-4-8(14)5-3-7)10(13)11(12(17)18)16-15-6/h2-5H,1H3,(H,17,18). The van der Waals surface area contributed by atoms with Crippen LogP contribution in [0.2, 0.25) is 5.02 Å². The van der Waals surface area contributed by atoms with Gasteiger partial charge in [-0.15, -0.1) is 5.10 Å². The van der Waals surface area contributed by atoms with Crippen LogP contribution in [-0.2, 0) is 0 Å². The van der Waals surface area contributed by atoms with Crippen LogP contribution >= 0.6 is 11.6 Å². The molecule has 0 saturated heterocycles. The number of carbonyl (C=O) groups is 1. The van der Waals surface area contributed by atoms with E-state index in [2.05, 4.69) is 10.2 Å². The van der Waals surface area contributed by atoms with Gasteiger partial charge in [-0.3, -0.25) is 0 Å². The van der Waals surface area contributed by atoms with Crippen molar-refractivity contribution in [3.05, 3.63) is 46.5 Å². The van der Waals surface area contributed by atoms with E-state index in [1.807, 2.05) is 0 Å². The van der Waals surface area contributed by atoms with Gasteiger partial charge in [-0.25, -0.2) is 9.18 Å². The Hall–Kier alpha value is -2.01. The van der Waals surface area contributed by atoms with Crippen molar-refractivity contribution < 1.29 is 14.3 Å². The van der Waals surface area contributed by atoms with Crippen molar-refractivity contribution in [3.8, 4) is 11.1 Å². The summed E-state index contributed by atoms with van der Waals surface area (Å²) in [7, 11) is 0. The molecular formula is C12H8ClFN2O2. The monoisotopic (exact) mass is 266 g/mol. The Balaban J connectivity index is 2.66. The molecule has 92 valence electrons. The summed E-state index contributed by atoms with van der Waals surface area (Å²) < 4.78 is 12.9. The molecule has 6 heteroatoms. The van der Waals surface area contributed by atoms with Gasteiger partial charge in [0.15, 0.2) is 5.69 Å². The van der Waals surface area contributed by atoms with Gasteiger partial charge in [0.2, 0.25) is 0 Å². The number of hydrogen-bond donors (Lipinski definition) is 1. The van der Waals surface area contributed by atoms with Crippen LogP contribution in [0.15, 0.2) is 24.3 Å². The Morgan fingerprint density at radius 3 is 2.44 bits per heavy atom. The third-order valence-corrected chi connectivity index (χ3v) is 2.79. The third kappa shape index (κ3) is 2.17. The molecule has 0 fully saturated rings. The first-order valence-electron chi connectivity index (χ1n) is 5.02. The van der Waals surface area contributed by atoms with E-state index in [1.54, 1.807) is 6.92 Å². The lowest BCUT2D eigenvalue weighted by atomic mass is 10.0. The molecule has 1 aromatic heterocycles. The highest BCUT2D eigenvalue weighted by Crippen LogP contribution is 2.31. The predicted molar refractivity (Wildman–Crippen MR) is 64.1 cm³/mol. The number of benzene rings is 1. The number of carboxylic acids is 1. The summed E-state index contributed by atoms with van der Waals surface area (Å²) in [4.78, 5) is 10.9. The number of aromatic nitrogens is 2. The molecular weight excluding hydrogens is 259 g/mol. The van der Waals surface area contributed by atoms with Crippen LogP contribution in [0.5, 0.6) is 0 Å². The minimum absolute atomic E-state index is 0.00149. The molecule has 0 unspecified atom stereocenters. The molecule has 1 aromatic carbocycles. The van der Waals surface area contributed by atoms with Crippen molar-refractivity contribution in [1.82, 2.24) is 10.2 Å². The number of nitrogens with zero attached hydrogens (tertiary/aromatic N) is 2. The summed E-state index contributed by atoms with van der Waals surface area (Å²) in [5, 5.41) is 16.2. The minimum atomic E-state index is -1.25. The average molecular weight is 267 g/mol.